The van der Waals surface area contributed by atoms with Gasteiger partial charge in [-0.2, -0.15) is 5.10 Å². The number of urea groups is 1. The average molecular weight is 485 g/mol. The van der Waals surface area contributed by atoms with Gasteiger partial charge in [0, 0.05) is 30.6 Å². The van der Waals surface area contributed by atoms with Crippen LogP contribution in [-0.2, 0) is 17.4 Å². The van der Waals surface area contributed by atoms with Gasteiger partial charge in [0.25, 0.3) is 0 Å². The molecule has 5 rings (SSSR count). The SMILES string of the molecule is CN1C(=O)N(c2c(F)cc(C#Cc3ccccc3)cc2F)C(=O)C[C@@]1(C)c1nn(C)c2ccccc12. The van der Waals surface area contributed by atoms with Crippen LogP contribution in [0.2, 0.25) is 0 Å². The Morgan fingerprint density at radius 3 is 2.19 bits per heavy atom. The fraction of sp³-hybridized carbons (Fsp3) is 0.179. The largest absolute Gasteiger partial charge is 0.332 e. The van der Waals surface area contributed by atoms with E-state index in [-0.39, 0.29) is 12.0 Å². The van der Waals surface area contributed by atoms with Crippen molar-refractivity contribution in [3.05, 3.63) is 95.2 Å². The van der Waals surface area contributed by atoms with Gasteiger partial charge in [0.1, 0.15) is 5.69 Å². The highest BCUT2D eigenvalue weighted by Crippen LogP contribution is 2.41. The maximum atomic E-state index is 15.1. The number of imide groups is 1. The lowest BCUT2D eigenvalue weighted by Gasteiger charge is -2.44. The lowest BCUT2D eigenvalue weighted by molar-refractivity contribution is -0.122. The summed E-state index contributed by atoms with van der Waals surface area (Å²) in [7, 11) is 3.28. The van der Waals surface area contributed by atoms with Gasteiger partial charge in [0.2, 0.25) is 5.91 Å². The van der Waals surface area contributed by atoms with E-state index in [9.17, 15) is 9.59 Å². The zero-order valence-corrected chi connectivity index (χ0v) is 19.9. The molecule has 1 atom stereocenters. The number of aromatic nitrogens is 2. The Balaban J connectivity index is 1.51. The molecular formula is C28H22F2N4O2. The number of carbonyl (C=O) groups excluding carboxylic acids is 2. The van der Waals surface area contributed by atoms with E-state index in [2.05, 4.69) is 16.9 Å². The molecule has 4 aromatic rings. The number of anilines is 1. The van der Waals surface area contributed by atoms with Gasteiger partial charge in [-0.1, -0.05) is 48.2 Å². The number of benzene rings is 3. The molecule has 8 heteroatoms. The van der Waals surface area contributed by atoms with Gasteiger partial charge in [-0.05, 0) is 37.3 Å². The Morgan fingerprint density at radius 2 is 1.50 bits per heavy atom. The summed E-state index contributed by atoms with van der Waals surface area (Å²) in [6.07, 6.45) is -0.204. The van der Waals surface area contributed by atoms with Crippen molar-refractivity contribution in [3.63, 3.8) is 0 Å². The van der Waals surface area contributed by atoms with Gasteiger partial charge in [0.15, 0.2) is 11.6 Å². The van der Waals surface area contributed by atoms with Crippen molar-refractivity contribution < 1.29 is 18.4 Å². The second-order valence-electron chi connectivity index (χ2n) is 8.92. The average Bonchev–Trinajstić information content (AvgIpc) is 3.21. The molecule has 3 aromatic carbocycles. The summed E-state index contributed by atoms with van der Waals surface area (Å²) < 4.78 is 31.9. The molecule has 6 nitrogen and oxygen atoms in total. The van der Waals surface area contributed by atoms with E-state index in [1.54, 1.807) is 42.9 Å². The first-order valence-corrected chi connectivity index (χ1v) is 11.3. The summed E-state index contributed by atoms with van der Waals surface area (Å²) >= 11 is 0. The first kappa shape index (κ1) is 23.2. The van der Waals surface area contributed by atoms with Crippen molar-refractivity contribution >= 4 is 28.5 Å². The lowest BCUT2D eigenvalue weighted by atomic mass is 9.87. The maximum absolute atomic E-state index is 15.1. The molecule has 0 saturated carbocycles. The smallest absolute Gasteiger partial charge is 0.315 e. The summed E-state index contributed by atoms with van der Waals surface area (Å²) in [6.45, 7) is 1.73. The van der Waals surface area contributed by atoms with Crippen LogP contribution in [0.3, 0.4) is 0 Å². The van der Waals surface area contributed by atoms with Crippen LogP contribution in [-0.4, -0.2) is 33.7 Å². The molecule has 0 spiro atoms. The highest BCUT2D eigenvalue weighted by atomic mass is 19.1. The lowest BCUT2D eigenvalue weighted by Crippen LogP contribution is -2.60. The maximum Gasteiger partial charge on any atom is 0.332 e. The second-order valence-corrected chi connectivity index (χ2v) is 8.92. The normalized spacial score (nSPS) is 17.9. The Hall–Kier alpha value is -4.51. The zero-order chi connectivity index (χ0) is 25.6. The summed E-state index contributed by atoms with van der Waals surface area (Å²) in [5.74, 6) is 2.74. The molecule has 0 bridgehead atoms. The molecule has 0 unspecified atom stereocenters. The van der Waals surface area contributed by atoms with Crippen LogP contribution in [0.4, 0.5) is 19.3 Å². The van der Waals surface area contributed by atoms with Crippen molar-refractivity contribution in [1.29, 1.82) is 0 Å². The molecule has 1 aliphatic heterocycles. The molecule has 3 amide bonds. The quantitative estimate of drug-likeness (QED) is 0.378. The molecule has 0 aliphatic carbocycles. The molecule has 180 valence electrons. The molecule has 1 saturated heterocycles. The summed E-state index contributed by atoms with van der Waals surface area (Å²) in [6, 6.07) is 17.7. The van der Waals surface area contributed by atoms with E-state index < -0.39 is 34.8 Å². The van der Waals surface area contributed by atoms with E-state index in [4.69, 9.17) is 0 Å². The minimum atomic E-state index is -1.11. The molecule has 36 heavy (non-hydrogen) atoms. The molecule has 2 heterocycles. The number of hydrogen-bond acceptors (Lipinski definition) is 3. The number of aryl methyl sites for hydroxylation is 1. The minimum Gasteiger partial charge on any atom is -0.315 e. The number of halogens is 2. The minimum absolute atomic E-state index is 0.0904. The number of carbonyl (C=O) groups is 2. The highest BCUT2D eigenvalue weighted by Gasteiger charge is 2.49. The topological polar surface area (TPSA) is 58.4 Å². The number of hydrogen-bond donors (Lipinski definition) is 0. The van der Waals surface area contributed by atoms with Gasteiger partial charge in [-0.25, -0.2) is 18.5 Å². The van der Waals surface area contributed by atoms with Crippen molar-refractivity contribution in [1.82, 2.24) is 14.7 Å². The molecule has 0 N–H and O–H groups in total. The van der Waals surface area contributed by atoms with E-state index in [0.717, 1.165) is 23.0 Å². The Labute approximate surface area is 206 Å². The van der Waals surface area contributed by atoms with E-state index >= 15 is 8.78 Å². The number of nitrogens with zero attached hydrogens (tertiary/aromatic N) is 4. The van der Waals surface area contributed by atoms with E-state index in [0.29, 0.717) is 16.2 Å². The van der Waals surface area contributed by atoms with Crippen LogP contribution in [0.15, 0.2) is 66.7 Å². The Morgan fingerprint density at radius 1 is 0.889 bits per heavy atom. The van der Waals surface area contributed by atoms with Crippen molar-refractivity contribution in [3.8, 4) is 11.8 Å². The van der Waals surface area contributed by atoms with Gasteiger partial charge in [-0.3, -0.25) is 9.48 Å². The monoisotopic (exact) mass is 484 g/mol. The Kier molecular flexibility index (Phi) is 5.56. The van der Waals surface area contributed by atoms with Gasteiger partial charge in [0.05, 0.1) is 23.2 Å². The van der Waals surface area contributed by atoms with Crippen LogP contribution in [0.1, 0.15) is 30.2 Å². The van der Waals surface area contributed by atoms with Crippen LogP contribution < -0.4 is 4.90 Å². The molecule has 1 aliphatic rings. The fourth-order valence-electron chi connectivity index (χ4n) is 4.55. The van der Waals surface area contributed by atoms with Crippen LogP contribution in [0.5, 0.6) is 0 Å². The molecule has 0 radical (unpaired) electrons. The Bertz CT molecular complexity index is 1560. The molecular weight excluding hydrogens is 462 g/mol. The van der Waals surface area contributed by atoms with E-state index in [1.165, 1.54) is 11.9 Å². The number of rotatable bonds is 2. The number of para-hydroxylation sites is 1. The van der Waals surface area contributed by atoms with Gasteiger partial charge < -0.3 is 4.90 Å². The summed E-state index contributed by atoms with van der Waals surface area (Å²) in [4.78, 5) is 28.5. The van der Waals surface area contributed by atoms with Crippen molar-refractivity contribution in [2.75, 3.05) is 11.9 Å². The first-order valence-electron chi connectivity index (χ1n) is 11.3. The summed E-state index contributed by atoms with van der Waals surface area (Å²) in [5, 5.41) is 5.38. The summed E-state index contributed by atoms with van der Waals surface area (Å²) in [5.41, 5.74) is 0.333. The van der Waals surface area contributed by atoms with Crippen LogP contribution in [0.25, 0.3) is 10.9 Å². The first-order chi connectivity index (χ1) is 17.2. The zero-order valence-electron chi connectivity index (χ0n) is 19.9. The number of amides is 3. The molecule has 1 fully saturated rings. The predicted molar refractivity (Wildman–Crippen MR) is 132 cm³/mol. The van der Waals surface area contributed by atoms with E-state index in [1.807, 2.05) is 30.3 Å². The van der Waals surface area contributed by atoms with Crippen LogP contribution in [0, 0.1) is 23.5 Å². The van der Waals surface area contributed by atoms with Crippen LogP contribution >= 0.6 is 0 Å². The third-order valence-electron chi connectivity index (χ3n) is 6.60. The standard InChI is InChI=1S/C28H22F2N4O2/c1-28(26-20-11-7-8-12-23(20)33(3)31-26)17-24(35)34(27(36)32(28)2)25-21(29)15-19(16-22(25)30)14-13-18-9-5-4-6-10-18/h4-12,15-16H,17H2,1-3H3/t28-/m0/s1. The second kappa shape index (κ2) is 8.61. The third-order valence-corrected chi connectivity index (χ3v) is 6.60. The van der Waals surface area contributed by atoms with Gasteiger partial charge >= 0.3 is 6.03 Å². The van der Waals surface area contributed by atoms with Crippen molar-refractivity contribution in [2.24, 2.45) is 7.05 Å². The van der Waals surface area contributed by atoms with Crippen molar-refractivity contribution in [2.45, 2.75) is 18.9 Å². The third kappa shape index (κ3) is 3.69. The molecule has 1 aromatic heterocycles. The predicted octanol–water partition coefficient (Wildman–Crippen LogP) is 4.96. The number of fused-ring (bicyclic) bond motifs is 1. The highest BCUT2D eigenvalue weighted by molar-refractivity contribution is 6.16. The fourth-order valence-corrected chi connectivity index (χ4v) is 4.55. The van der Waals surface area contributed by atoms with Gasteiger partial charge in [-0.15, -0.1) is 0 Å².